The van der Waals surface area contributed by atoms with Crippen LogP contribution in [0.1, 0.15) is 35.2 Å². The molecule has 1 saturated heterocycles. The molecule has 0 radical (unpaired) electrons. The van der Waals surface area contributed by atoms with Gasteiger partial charge in [0.1, 0.15) is 5.76 Å². The first-order valence-electron chi connectivity index (χ1n) is 9.13. The quantitative estimate of drug-likeness (QED) is 0.756. The number of likely N-dealkylation sites (tertiary alicyclic amines) is 1. The maximum Gasteiger partial charge on any atom is 0.273 e. The number of nitrogens with one attached hydrogen (secondary N) is 1. The Morgan fingerprint density at radius 2 is 2.07 bits per heavy atom. The Labute approximate surface area is 157 Å². The molecular weight excluding hydrogens is 342 g/mol. The topological polar surface area (TPSA) is 75.4 Å². The van der Waals surface area contributed by atoms with Crippen LogP contribution in [0.3, 0.4) is 0 Å². The molecular formula is C21H21N3O3. The number of oxazole rings is 1. The van der Waals surface area contributed by atoms with E-state index >= 15 is 0 Å². The van der Waals surface area contributed by atoms with Crippen LogP contribution in [0, 0.1) is 0 Å². The third kappa shape index (κ3) is 3.43. The Morgan fingerprint density at radius 3 is 2.93 bits per heavy atom. The van der Waals surface area contributed by atoms with E-state index in [-0.39, 0.29) is 17.9 Å². The summed E-state index contributed by atoms with van der Waals surface area (Å²) in [4.78, 5) is 30.7. The number of rotatable bonds is 5. The number of hydrogen-bond donors (Lipinski definition) is 1. The van der Waals surface area contributed by atoms with Crippen LogP contribution in [-0.4, -0.2) is 34.3 Å². The number of hydrogen-bond acceptors (Lipinski definition) is 4. The van der Waals surface area contributed by atoms with Crippen molar-refractivity contribution in [1.82, 2.24) is 15.2 Å². The Morgan fingerprint density at radius 1 is 1.26 bits per heavy atom. The van der Waals surface area contributed by atoms with Crippen molar-refractivity contribution in [2.45, 2.75) is 32.4 Å². The molecule has 6 heteroatoms. The molecule has 138 valence electrons. The van der Waals surface area contributed by atoms with Crippen molar-refractivity contribution in [3.8, 4) is 0 Å². The van der Waals surface area contributed by atoms with Gasteiger partial charge in [0.05, 0.1) is 6.04 Å². The van der Waals surface area contributed by atoms with E-state index in [2.05, 4.69) is 28.5 Å². The first-order chi connectivity index (χ1) is 13.2. The van der Waals surface area contributed by atoms with Crippen LogP contribution in [0.15, 0.2) is 53.3 Å². The van der Waals surface area contributed by atoms with Gasteiger partial charge in [0.15, 0.2) is 12.1 Å². The van der Waals surface area contributed by atoms with Crippen LogP contribution >= 0.6 is 0 Å². The Hall–Kier alpha value is -3.15. The summed E-state index contributed by atoms with van der Waals surface area (Å²) in [5, 5.41) is 5.22. The normalized spacial score (nSPS) is 16.9. The number of carbonyl (C=O) groups is 2. The van der Waals surface area contributed by atoms with Crippen molar-refractivity contribution in [3.63, 3.8) is 0 Å². The molecule has 1 fully saturated rings. The molecule has 2 heterocycles. The van der Waals surface area contributed by atoms with Crippen molar-refractivity contribution in [3.05, 3.63) is 65.9 Å². The zero-order valence-electron chi connectivity index (χ0n) is 15.1. The van der Waals surface area contributed by atoms with Gasteiger partial charge in [0.25, 0.3) is 5.91 Å². The summed E-state index contributed by atoms with van der Waals surface area (Å²) in [5.41, 5.74) is 1.41. The number of carbonyl (C=O) groups excluding carboxylic acids is 2. The number of aryl methyl sites for hydroxylation is 1. The zero-order chi connectivity index (χ0) is 18.8. The van der Waals surface area contributed by atoms with Crippen molar-refractivity contribution in [1.29, 1.82) is 0 Å². The van der Waals surface area contributed by atoms with Crippen LogP contribution in [0.2, 0.25) is 0 Å². The third-order valence-electron chi connectivity index (χ3n) is 4.97. The van der Waals surface area contributed by atoms with Crippen molar-refractivity contribution < 1.29 is 14.0 Å². The Kier molecular flexibility index (Phi) is 4.62. The smallest absolute Gasteiger partial charge is 0.273 e. The van der Waals surface area contributed by atoms with Gasteiger partial charge in [0.2, 0.25) is 5.91 Å². The maximum atomic E-state index is 12.5. The second-order valence-corrected chi connectivity index (χ2v) is 6.76. The molecule has 0 bridgehead atoms. The highest BCUT2D eigenvalue weighted by molar-refractivity contribution is 5.94. The van der Waals surface area contributed by atoms with Gasteiger partial charge in [-0.05, 0) is 16.3 Å². The van der Waals surface area contributed by atoms with Crippen molar-refractivity contribution >= 4 is 22.6 Å². The average molecular weight is 363 g/mol. The lowest BCUT2D eigenvalue weighted by atomic mass is 10.0. The number of amides is 2. The maximum absolute atomic E-state index is 12.5. The first kappa shape index (κ1) is 17.3. The molecule has 3 aromatic rings. The predicted octanol–water partition coefficient (Wildman–Crippen LogP) is 2.92. The summed E-state index contributed by atoms with van der Waals surface area (Å²) in [6, 6.07) is 14.0. The third-order valence-corrected chi connectivity index (χ3v) is 4.97. The van der Waals surface area contributed by atoms with E-state index in [1.54, 1.807) is 4.90 Å². The molecule has 0 aliphatic carbocycles. The summed E-state index contributed by atoms with van der Waals surface area (Å²) in [6.07, 6.45) is 2.18. The lowest BCUT2D eigenvalue weighted by Gasteiger charge is -2.18. The van der Waals surface area contributed by atoms with Gasteiger partial charge in [-0.1, -0.05) is 49.4 Å². The summed E-state index contributed by atoms with van der Waals surface area (Å²) < 4.78 is 5.21. The van der Waals surface area contributed by atoms with E-state index in [9.17, 15) is 9.59 Å². The van der Waals surface area contributed by atoms with Crippen molar-refractivity contribution in [2.24, 2.45) is 0 Å². The lowest BCUT2D eigenvalue weighted by molar-refractivity contribution is -0.128. The largest absolute Gasteiger partial charge is 0.448 e. The van der Waals surface area contributed by atoms with Crippen LogP contribution in [-0.2, 0) is 17.8 Å². The summed E-state index contributed by atoms with van der Waals surface area (Å²) in [7, 11) is 0. The van der Waals surface area contributed by atoms with E-state index < -0.39 is 0 Å². The molecule has 1 aliphatic heterocycles. The molecule has 2 aromatic carbocycles. The van der Waals surface area contributed by atoms with Gasteiger partial charge in [-0.2, -0.15) is 0 Å². The second-order valence-electron chi connectivity index (χ2n) is 6.76. The highest BCUT2D eigenvalue weighted by Crippen LogP contribution is 2.22. The molecule has 6 nitrogen and oxygen atoms in total. The number of benzene rings is 2. The molecule has 1 N–H and O–H groups in total. The van der Waals surface area contributed by atoms with Gasteiger partial charge >= 0.3 is 0 Å². The summed E-state index contributed by atoms with van der Waals surface area (Å²) >= 11 is 0. The monoisotopic (exact) mass is 363 g/mol. The van der Waals surface area contributed by atoms with E-state index in [4.69, 9.17) is 4.42 Å². The highest BCUT2D eigenvalue weighted by Gasteiger charge is 2.31. The minimum absolute atomic E-state index is 0.0455. The van der Waals surface area contributed by atoms with Crippen LogP contribution in [0.25, 0.3) is 10.8 Å². The molecule has 1 atom stereocenters. The number of fused-ring (bicyclic) bond motifs is 1. The SMILES string of the molecule is CCc1ocnc1C(=O)N[C@H]1CC(=O)N(Cc2cccc3ccccc23)C1. The van der Waals surface area contributed by atoms with Gasteiger partial charge < -0.3 is 14.6 Å². The standard InChI is InChI=1S/C21H21N3O3/c1-2-18-20(22-13-27-18)21(26)23-16-10-19(25)24(12-16)11-15-8-5-7-14-6-3-4-9-17(14)15/h3-9,13,16H,2,10-12H2,1H3,(H,23,26)/t16-/m0/s1. The predicted molar refractivity (Wildman–Crippen MR) is 101 cm³/mol. The lowest BCUT2D eigenvalue weighted by Crippen LogP contribution is -2.37. The second kappa shape index (κ2) is 7.23. The van der Waals surface area contributed by atoms with Crippen LogP contribution in [0.5, 0.6) is 0 Å². The van der Waals surface area contributed by atoms with E-state index in [1.807, 2.05) is 31.2 Å². The fourth-order valence-corrected chi connectivity index (χ4v) is 3.62. The Bertz CT molecular complexity index is 990. The molecule has 4 rings (SSSR count). The van der Waals surface area contributed by atoms with Gasteiger partial charge in [-0.15, -0.1) is 0 Å². The molecule has 1 aromatic heterocycles. The summed E-state index contributed by atoms with van der Waals surface area (Å²) in [5.74, 6) is 0.318. The first-order valence-corrected chi connectivity index (χ1v) is 9.13. The molecule has 0 spiro atoms. The molecule has 2 amide bonds. The van der Waals surface area contributed by atoms with Gasteiger partial charge in [0, 0.05) is 25.9 Å². The van der Waals surface area contributed by atoms with Crippen molar-refractivity contribution in [2.75, 3.05) is 6.54 Å². The van der Waals surface area contributed by atoms with Gasteiger partial charge in [-0.25, -0.2) is 4.98 Å². The summed E-state index contributed by atoms with van der Waals surface area (Å²) in [6.45, 7) is 2.94. The number of aromatic nitrogens is 1. The highest BCUT2D eigenvalue weighted by atomic mass is 16.3. The minimum Gasteiger partial charge on any atom is -0.448 e. The van der Waals surface area contributed by atoms with E-state index in [1.165, 1.54) is 6.39 Å². The molecule has 0 saturated carbocycles. The number of nitrogens with zero attached hydrogens (tertiary/aromatic N) is 2. The van der Waals surface area contributed by atoms with E-state index in [0.29, 0.717) is 37.4 Å². The molecule has 1 aliphatic rings. The van der Waals surface area contributed by atoms with Crippen LogP contribution < -0.4 is 5.32 Å². The van der Waals surface area contributed by atoms with E-state index in [0.717, 1.165) is 16.3 Å². The fourth-order valence-electron chi connectivity index (χ4n) is 3.62. The molecule has 0 unspecified atom stereocenters. The minimum atomic E-state index is -0.287. The zero-order valence-corrected chi connectivity index (χ0v) is 15.1. The molecule has 27 heavy (non-hydrogen) atoms. The van der Waals surface area contributed by atoms with Gasteiger partial charge in [-0.3, -0.25) is 9.59 Å². The van der Waals surface area contributed by atoms with Crippen LogP contribution in [0.4, 0.5) is 0 Å². The average Bonchev–Trinajstić information content (AvgIpc) is 3.29. The Balaban J connectivity index is 1.45. The fraction of sp³-hybridized carbons (Fsp3) is 0.286.